The summed E-state index contributed by atoms with van der Waals surface area (Å²) in [6, 6.07) is 7.89. The lowest BCUT2D eigenvalue weighted by atomic mass is 10.2. The number of para-hydroxylation sites is 1. The van der Waals surface area contributed by atoms with Gasteiger partial charge in [-0.1, -0.05) is 12.1 Å². The van der Waals surface area contributed by atoms with E-state index in [1.54, 1.807) is 13.3 Å². The van der Waals surface area contributed by atoms with E-state index in [4.69, 9.17) is 4.74 Å². The van der Waals surface area contributed by atoms with E-state index in [9.17, 15) is 0 Å². The Morgan fingerprint density at radius 1 is 1.38 bits per heavy atom. The highest BCUT2D eigenvalue weighted by atomic mass is 32.1. The van der Waals surface area contributed by atoms with Gasteiger partial charge in [0.1, 0.15) is 5.75 Å². The molecule has 0 spiro atoms. The highest BCUT2D eigenvalue weighted by molar-refractivity contribution is 7.12. The average molecular weight is 190 g/mol. The molecule has 0 amide bonds. The Labute approximate surface area is 80.8 Å². The predicted molar refractivity (Wildman–Crippen MR) is 52.9 cm³/mol. The Bertz CT molecular complexity index is 384. The topological polar surface area (TPSA) is 22.1 Å². The molecule has 0 saturated carbocycles. The number of methoxy groups -OCH3 is 1. The van der Waals surface area contributed by atoms with E-state index in [1.165, 1.54) is 11.3 Å². The van der Waals surface area contributed by atoms with Gasteiger partial charge in [-0.05, 0) is 12.1 Å². The summed E-state index contributed by atoms with van der Waals surface area (Å²) in [5, 5.41) is 0. The number of ether oxygens (including phenoxy) is 1. The van der Waals surface area contributed by atoms with Crippen molar-refractivity contribution in [1.82, 2.24) is 4.98 Å². The molecule has 0 saturated heterocycles. The van der Waals surface area contributed by atoms with Gasteiger partial charge in [0.05, 0.1) is 12.0 Å². The third-order valence-electron chi connectivity index (χ3n) is 1.76. The van der Waals surface area contributed by atoms with Gasteiger partial charge < -0.3 is 4.74 Å². The predicted octanol–water partition coefficient (Wildman–Crippen LogP) is 2.62. The average Bonchev–Trinajstić information content (AvgIpc) is 2.70. The molecule has 0 fully saturated rings. The van der Waals surface area contributed by atoms with Crippen LogP contribution in [-0.4, -0.2) is 12.1 Å². The van der Waals surface area contributed by atoms with E-state index in [0.717, 1.165) is 16.2 Å². The number of benzene rings is 1. The lowest BCUT2D eigenvalue weighted by Gasteiger charge is -2.04. The van der Waals surface area contributed by atoms with Crippen LogP contribution >= 0.6 is 11.3 Å². The zero-order valence-corrected chi connectivity index (χ0v) is 7.97. The Balaban J connectivity index is 2.51. The number of rotatable bonds is 2. The van der Waals surface area contributed by atoms with E-state index in [1.807, 2.05) is 24.3 Å². The molecular formula is C10H8NOS. The molecule has 1 heterocycles. The minimum Gasteiger partial charge on any atom is -0.496 e. The molecule has 0 aliphatic rings. The molecule has 1 aromatic heterocycles. The SMILES string of the molecule is COc1ccccc1-c1cn[c]s1. The van der Waals surface area contributed by atoms with Gasteiger partial charge in [0.25, 0.3) is 0 Å². The Morgan fingerprint density at radius 2 is 2.23 bits per heavy atom. The highest BCUT2D eigenvalue weighted by Crippen LogP contribution is 2.31. The van der Waals surface area contributed by atoms with Crippen LogP contribution in [0.3, 0.4) is 0 Å². The molecule has 65 valence electrons. The van der Waals surface area contributed by atoms with Crippen molar-refractivity contribution in [3.8, 4) is 16.2 Å². The van der Waals surface area contributed by atoms with Gasteiger partial charge in [-0.3, -0.25) is 0 Å². The zero-order valence-electron chi connectivity index (χ0n) is 7.15. The van der Waals surface area contributed by atoms with Crippen LogP contribution in [0.1, 0.15) is 0 Å². The fourth-order valence-electron chi connectivity index (χ4n) is 1.16. The number of hydrogen-bond acceptors (Lipinski definition) is 3. The van der Waals surface area contributed by atoms with Crippen molar-refractivity contribution in [2.75, 3.05) is 7.11 Å². The molecule has 0 unspecified atom stereocenters. The Hall–Kier alpha value is -1.35. The smallest absolute Gasteiger partial charge is 0.152 e. The first kappa shape index (κ1) is 8.26. The van der Waals surface area contributed by atoms with E-state index in [2.05, 4.69) is 10.5 Å². The number of thiazole rings is 1. The van der Waals surface area contributed by atoms with Gasteiger partial charge in [0.15, 0.2) is 5.51 Å². The molecular weight excluding hydrogens is 182 g/mol. The first-order valence-electron chi connectivity index (χ1n) is 3.87. The van der Waals surface area contributed by atoms with Gasteiger partial charge in [0.2, 0.25) is 0 Å². The summed E-state index contributed by atoms with van der Waals surface area (Å²) in [6.07, 6.45) is 1.79. The van der Waals surface area contributed by atoms with Crippen molar-refractivity contribution in [3.63, 3.8) is 0 Å². The second-order valence-corrected chi connectivity index (χ2v) is 3.34. The molecule has 1 radical (unpaired) electrons. The van der Waals surface area contributed by atoms with Gasteiger partial charge in [0, 0.05) is 11.8 Å². The summed E-state index contributed by atoms with van der Waals surface area (Å²) in [7, 11) is 1.67. The quantitative estimate of drug-likeness (QED) is 0.726. The second kappa shape index (κ2) is 3.58. The minimum absolute atomic E-state index is 0.875. The number of aromatic nitrogens is 1. The van der Waals surface area contributed by atoms with E-state index in [-0.39, 0.29) is 0 Å². The van der Waals surface area contributed by atoms with Crippen LogP contribution in [0.4, 0.5) is 0 Å². The van der Waals surface area contributed by atoms with Gasteiger partial charge in [-0.2, -0.15) is 0 Å². The van der Waals surface area contributed by atoms with Gasteiger partial charge in [-0.15, -0.1) is 11.3 Å². The molecule has 0 aliphatic heterocycles. The second-order valence-electron chi connectivity index (χ2n) is 2.52. The van der Waals surface area contributed by atoms with Crippen molar-refractivity contribution in [2.24, 2.45) is 0 Å². The molecule has 2 rings (SSSR count). The molecule has 0 N–H and O–H groups in total. The normalized spacial score (nSPS) is 9.92. The maximum Gasteiger partial charge on any atom is 0.152 e. The van der Waals surface area contributed by atoms with Crippen molar-refractivity contribution in [2.45, 2.75) is 0 Å². The highest BCUT2D eigenvalue weighted by Gasteiger charge is 2.05. The summed E-state index contributed by atoms with van der Waals surface area (Å²) >= 11 is 1.49. The van der Waals surface area contributed by atoms with Gasteiger partial charge >= 0.3 is 0 Å². The van der Waals surface area contributed by atoms with Crippen molar-refractivity contribution >= 4 is 11.3 Å². The van der Waals surface area contributed by atoms with Crippen LogP contribution in [0.5, 0.6) is 5.75 Å². The minimum atomic E-state index is 0.875. The first-order valence-corrected chi connectivity index (χ1v) is 4.68. The van der Waals surface area contributed by atoms with Crippen molar-refractivity contribution in [3.05, 3.63) is 36.0 Å². The lowest BCUT2D eigenvalue weighted by molar-refractivity contribution is 0.416. The van der Waals surface area contributed by atoms with Crippen LogP contribution in [0, 0.1) is 5.51 Å². The molecule has 13 heavy (non-hydrogen) atoms. The largest absolute Gasteiger partial charge is 0.496 e. The molecule has 2 aromatic rings. The standard InChI is InChI=1S/C10H8NOS/c1-12-9-5-3-2-4-8(9)10-6-11-7-13-10/h2-6H,1H3. The van der Waals surface area contributed by atoms with E-state index in [0.29, 0.717) is 0 Å². The maximum absolute atomic E-state index is 5.23. The van der Waals surface area contributed by atoms with Crippen LogP contribution in [0.2, 0.25) is 0 Å². The van der Waals surface area contributed by atoms with Gasteiger partial charge in [-0.25, -0.2) is 4.98 Å². The molecule has 0 atom stereocenters. The lowest BCUT2D eigenvalue weighted by Crippen LogP contribution is -1.84. The number of hydrogen-bond donors (Lipinski definition) is 0. The maximum atomic E-state index is 5.23. The zero-order chi connectivity index (χ0) is 9.10. The summed E-state index contributed by atoms with van der Waals surface area (Å²) < 4.78 is 5.23. The van der Waals surface area contributed by atoms with Crippen molar-refractivity contribution in [1.29, 1.82) is 0 Å². The summed E-state index contributed by atoms with van der Waals surface area (Å²) in [5.41, 5.74) is 3.89. The van der Waals surface area contributed by atoms with Crippen LogP contribution in [0.15, 0.2) is 30.5 Å². The first-order chi connectivity index (χ1) is 6.42. The monoisotopic (exact) mass is 190 g/mol. The Kier molecular flexibility index (Phi) is 2.27. The molecule has 0 bridgehead atoms. The van der Waals surface area contributed by atoms with Crippen LogP contribution in [0.25, 0.3) is 10.4 Å². The van der Waals surface area contributed by atoms with E-state index >= 15 is 0 Å². The van der Waals surface area contributed by atoms with E-state index < -0.39 is 0 Å². The van der Waals surface area contributed by atoms with Crippen LogP contribution in [-0.2, 0) is 0 Å². The molecule has 2 nitrogen and oxygen atoms in total. The molecule has 1 aromatic carbocycles. The fourth-order valence-corrected chi connectivity index (χ4v) is 1.75. The fraction of sp³-hybridized carbons (Fsp3) is 0.100. The third-order valence-corrected chi connectivity index (χ3v) is 2.50. The summed E-state index contributed by atoms with van der Waals surface area (Å²) in [6.45, 7) is 0. The summed E-state index contributed by atoms with van der Waals surface area (Å²) in [5.74, 6) is 0.875. The Morgan fingerprint density at radius 3 is 2.92 bits per heavy atom. The number of nitrogens with zero attached hydrogens (tertiary/aromatic N) is 1. The third kappa shape index (κ3) is 1.55. The molecule has 0 aliphatic carbocycles. The van der Waals surface area contributed by atoms with Crippen molar-refractivity contribution < 1.29 is 4.74 Å². The summed E-state index contributed by atoms with van der Waals surface area (Å²) in [4.78, 5) is 4.99. The van der Waals surface area contributed by atoms with Crippen LogP contribution < -0.4 is 4.74 Å². The molecule has 3 heteroatoms.